The smallest absolute Gasteiger partial charge is 0.237 e. The first kappa shape index (κ1) is 17.5. The molecule has 1 amide bonds. The van der Waals surface area contributed by atoms with Gasteiger partial charge in [0.15, 0.2) is 0 Å². The molecule has 1 aromatic carbocycles. The molecular formula is C22H30N2O3. The molecule has 146 valence electrons. The van der Waals surface area contributed by atoms with Gasteiger partial charge in [-0.3, -0.25) is 9.69 Å². The summed E-state index contributed by atoms with van der Waals surface area (Å²) in [5.41, 5.74) is 0.873. The van der Waals surface area contributed by atoms with Crippen molar-refractivity contribution in [3.05, 3.63) is 29.8 Å². The summed E-state index contributed by atoms with van der Waals surface area (Å²) in [5, 5.41) is 0. The van der Waals surface area contributed by atoms with Crippen LogP contribution in [0, 0.1) is 5.92 Å². The van der Waals surface area contributed by atoms with Gasteiger partial charge in [-0.15, -0.1) is 0 Å². The molecule has 5 nitrogen and oxygen atoms in total. The number of fused-ring (bicyclic) bond motifs is 4. The number of carbonyl (C=O) groups is 1. The van der Waals surface area contributed by atoms with Crippen LogP contribution in [0.2, 0.25) is 0 Å². The van der Waals surface area contributed by atoms with Gasteiger partial charge in [0, 0.05) is 18.0 Å². The Morgan fingerprint density at radius 2 is 1.96 bits per heavy atom. The highest BCUT2D eigenvalue weighted by molar-refractivity contribution is 5.79. The largest absolute Gasteiger partial charge is 0.487 e. The number of benzene rings is 1. The third-order valence-electron chi connectivity index (χ3n) is 7.04. The van der Waals surface area contributed by atoms with Gasteiger partial charge in [-0.1, -0.05) is 18.2 Å². The third kappa shape index (κ3) is 2.95. The van der Waals surface area contributed by atoms with Gasteiger partial charge >= 0.3 is 0 Å². The third-order valence-corrected chi connectivity index (χ3v) is 7.04. The zero-order valence-corrected chi connectivity index (χ0v) is 16.4. The van der Waals surface area contributed by atoms with Crippen LogP contribution in [0.5, 0.6) is 5.75 Å². The zero-order chi connectivity index (χ0) is 18.6. The maximum atomic E-state index is 13.0. The van der Waals surface area contributed by atoms with Gasteiger partial charge in [-0.2, -0.15) is 0 Å². The van der Waals surface area contributed by atoms with Crippen molar-refractivity contribution in [2.24, 2.45) is 5.92 Å². The van der Waals surface area contributed by atoms with Crippen molar-refractivity contribution in [3.63, 3.8) is 0 Å². The fraction of sp³-hybridized carbons (Fsp3) is 0.682. The molecule has 0 aliphatic carbocycles. The van der Waals surface area contributed by atoms with Crippen LogP contribution in [0.25, 0.3) is 0 Å². The number of rotatable bonds is 2. The van der Waals surface area contributed by atoms with E-state index < -0.39 is 0 Å². The van der Waals surface area contributed by atoms with Crippen LogP contribution in [-0.2, 0) is 9.53 Å². The number of hydrogen-bond acceptors (Lipinski definition) is 4. The van der Waals surface area contributed by atoms with Gasteiger partial charge in [0.25, 0.3) is 0 Å². The molecule has 4 heterocycles. The van der Waals surface area contributed by atoms with Crippen molar-refractivity contribution in [2.45, 2.75) is 63.4 Å². The Bertz CT molecular complexity index is 728. The van der Waals surface area contributed by atoms with E-state index in [9.17, 15) is 4.79 Å². The van der Waals surface area contributed by atoms with E-state index in [2.05, 4.69) is 35.8 Å². The summed E-state index contributed by atoms with van der Waals surface area (Å²) >= 11 is 0. The van der Waals surface area contributed by atoms with Crippen molar-refractivity contribution in [1.29, 1.82) is 0 Å². The van der Waals surface area contributed by atoms with Crippen molar-refractivity contribution in [2.75, 3.05) is 26.2 Å². The molecule has 5 rings (SSSR count). The maximum Gasteiger partial charge on any atom is 0.237 e. The summed E-state index contributed by atoms with van der Waals surface area (Å²) in [4.78, 5) is 17.4. The van der Waals surface area contributed by atoms with Gasteiger partial charge in [0.1, 0.15) is 11.4 Å². The lowest BCUT2D eigenvalue weighted by molar-refractivity contribution is -0.167. The van der Waals surface area contributed by atoms with E-state index in [1.54, 1.807) is 0 Å². The molecule has 27 heavy (non-hydrogen) atoms. The summed E-state index contributed by atoms with van der Waals surface area (Å²) in [6.07, 6.45) is 4.57. The first-order valence-corrected chi connectivity index (χ1v) is 10.5. The number of likely N-dealkylation sites (tertiary alicyclic amines) is 2. The van der Waals surface area contributed by atoms with Crippen LogP contribution in [0.3, 0.4) is 0 Å². The topological polar surface area (TPSA) is 42.0 Å². The minimum atomic E-state index is -0.295. The standard InChI is InChI=1S/C22H30N2O3/c1-22(2)16-13-17-19(26-21(16)15-7-3-4-8-18(15)27-22)9-12-24(17)20(25)14-23-10-5-6-11-23/h3-4,7-8,16-17,19,21H,5-6,9-14H2,1-2H3/t16-,17-,19-,21+/m1/s1. The van der Waals surface area contributed by atoms with Crippen LogP contribution in [0.15, 0.2) is 24.3 Å². The first-order valence-electron chi connectivity index (χ1n) is 10.5. The Balaban J connectivity index is 1.37. The van der Waals surface area contributed by atoms with Crippen molar-refractivity contribution >= 4 is 5.91 Å². The van der Waals surface area contributed by atoms with Gasteiger partial charge < -0.3 is 14.4 Å². The molecule has 0 unspecified atom stereocenters. The molecule has 0 aromatic heterocycles. The number of amides is 1. The lowest BCUT2D eigenvalue weighted by Gasteiger charge is -2.50. The molecule has 5 heteroatoms. The van der Waals surface area contributed by atoms with E-state index in [4.69, 9.17) is 9.47 Å². The molecule has 3 fully saturated rings. The highest BCUT2D eigenvalue weighted by atomic mass is 16.5. The Labute approximate surface area is 161 Å². The fourth-order valence-corrected chi connectivity index (χ4v) is 5.57. The lowest BCUT2D eigenvalue weighted by Crippen LogP contribution is -2.55. The minimum Gasteiger partial charge on any atom is -0.487 e. The van der Waals surface area contributed by atoms with Crippen LogP contribution in [-0.4, -0.2) is 59.6 Å². The molecule has 0 spiro atoms. The van der Waals surface area contributed by atoms with Crippen LogP contribution >= 0.6 is 0 Å². The minimum absolute atomic E-state index is 0.0693. The van der Waals surface area contributed by atoms with Crippen molar-refractivity contribution < 1.29 is 14.3 Å². The van der Waals surface area contributed by atoms with Crippen molar-refractivity contribution in [3.8, 4) is 5.75 Å². The van der Waals surface area contributed by atoms with Crippen LogP contribution in [0.1, 0.15) is 51.2 Å². The van der Waals surface area contributed by atoms with E-state index >= 15 is 0 Å². The maximum absolute atomic E-state index is 13.0. The van der Waals surface area contributed by atoms with Gasteiger partial charge in [0.2, 0.25) is 5.91 Å². The second kappa shape index (κ2) is 6.49. The molecule has 0 radical (unpaired) electrons. The van der Waals surface area contributed by atoms with Gasteiger partial charge in [-0.05, 0) is 58.7 Å². The summed E-state index contributed by atoms with van der Waals surface area (Å²) < 4.78 is 13.0. The van der Waals surface area contributed by atoms with Crippen LogP contribution in [0.4, 0.5) is 0 Å². The Morgan fingerprint density at radius 1 is 1.19 bits per heavy atom. The highest BCUT2D eigenvalue weighted by Crippen LogP contribution is 2.52. The number of carbonyl (C=O) groups excluding carboxylic acids is 1. The second-order valence-electron chi connectivity index (χ2n) is 9.11. The van der Waals surface area contributed by atoms with E-state index in [1.165, 1.54) is 18.4 Å². The summed E-state index contributed by atoms with van der Waals surface area (Å²) in [5.74, 6) is 1.48. The molecule has 4 atom stereocenters. The fourth-order valence-electron chi connectivity index (χ4n) is 5.57. The van der Waals surface area contributed by atoms with E-state index in [-0.39, 0.29) is 35.7 Å². The van der Waals surface area contributed by atoms with E-state index in [1.807, 2.05) is 12.1 Å². The number of ether oxygens (including phenoxy) is 2. The Kier molecular flexibility index (Phi) is 4.21. The molecule has 4 aliphatic heterocycles. The Morgan fingerprint density at radius 3 is 2.78 bits per heavy atom. The predicted molar refractivity (Wildman–Crippen MR) is 103 cm³/mol. The van der Waals surface area contributed by atoms with E-state index in [0.717, 1.165) is 38.2 Å². The summed E-state index contributed by atoms with van der Waals surface area (Å²) in [6.45, 7) is 7.84. The number of nitrogens with zero attached hydrogens (tertiary/aromatic N) is 2. The lowest BCUT2D eigenvalue weighted by atomic mass is 9.74. The first-order chi connectivity index (χ1) is 13.0. The molecule has 3 saturated heterocycles. The Hall–Kier alpha value is -1.59. The molecule has 1 aromatic rings. The SMILES string of the molecule is CC1(C)Oc2ccccc2[C@@H]2O[C@@H]3CCN(C(=O)CN4CCCC4)[C@@H]3C[C@H]21. The predicted octanol–water partition coefficient (Wildman–Crippen LogP) is 3.00. The molecule has 4 aliphatic rings. The molecule has 0 N–H and O–H groups in total. The van der Waals surface area contributed by atoms with E-state index in [0.29, 0.717) is 6.54 Å². The zero-order valence-electron chi connectivity index (χ0n) is 16.4. The average Bonchev–Trinajstić information content (AvgIpc) is 3.29. The quantitative estimate of drug-likeness (QED) is 0.803. The molecule has 0 saturated carbocycles. The average molecular weight is 370 g/mol. The number of para-hydroxylation sites is 1. The van der Waals surface area contributed by atoms with Crippen molar-refractivity contribution in [1.82, 2.24) is 9.80 Å². The highest BCUT2D eigenvalue weighted by Gasteiger charge is 2.53. The monoisotopic (exact) mass is 370 g/mol. The van der Waals surface area contributed by atoms with Gasteiger partial charge in [0.05, 0.1) is 24.8 Å². The second-order valence-corrected chi connectivity index (χ2v) is 9.11. The summed E-state index contributed by atoms with van der Waals surface area (Å²) in [7, 11) is 0. The summed E-state index contributed by atoms with van der Waals surface area (Å²) in [6, 6.07) is 8.45. The molecular weight excluding hydrogens is 340 g/mol. The number of hydrogen-bond donors (Lipinski definition) is 0. The molecule has 0 bridgehead atoms. The van der Waals surface area contributed by atoms with Gasteiger partial charge in [-0.25, -0.2) is 0 Å². The van der Waals surface area contributed by atoms with Crippen LogP contribution < -0.4 is 4.74 Å². The normalized spacial score (nSPS) is 34.5.